The van der Waals surface area contributed by atoms with E-state index in [1.165, 1.54) is 115 Å². The van der Waals surface area contributed by atoms with Crippen LogP contribution in [0.1, 0.15) is 115 Å². The smallest absolute Gasteiger partial charge is 0.249 e. The van der Waals surface area contributed by atoms with Crippen LogP contribution in [0.5, 0.6) is 0 Å². The largest absolute Gasteiger partial charge is 0.311 e. The highest BCUT2D eigenvalue weighted by atomic mass is 32.2. The van der Waals surface area contributed by atoms with Crippen molar-refractivity contribution in [3.8, 4) is 21.6 Å². The summed E-state index contributed by atoms with van der Waals surface area (Å²) >= 11 is 4.00. The summed E-state index contributed by atoms with van der Waals surface area (Å²) in [6.45, 7) is 33.1. The van der Waals surface area contributed by atoms with Crippen molar-refractivity contribution in [2.24, 2.45) is 11.3 Å². The molecule has 4 heterocycles. The molecule has 0 fully saturated rings. The van der Waals surface area contributed by atoms with Crippen LogP contribution in [0.25, 0.3) is 31.7 Å². The summed E-state index contributed by atoms with van der Waals surface area (Å²) in [6, 6.07) is 45.0. The van der Waals surface area contributed by atoms with Crippen molar-refractivity contribution in [3.63, 3.8) is 0 Å². The van der Waals surface area contributed by atoms with E-state index < -0.39 is 0 Å². The van der Waals surface area contributed by atoms with E-state index >= 15 is 0 Å². The van der Waals surface area contributed by atoms with Crippen LogP contribution in [0.3, 0.4) is 0 Å². The normalized spacial score (nSPS) is 17.7. The lowest BCUT2D eigenvalue weighted by molar-refractivity contribution is 0.508. The van der Waals surface area contributed by atoms with E-state index in [0.717, 1.165) is 0 Å². The maximum absolute atomic E-state index is 2.75. The molecule has 0 N–H and O–H groups in total. The number of hydrogen-bond donors (Lipinski definition) is 0. The fraction of sp³-hybridized carbons (Fsp3) is 0.312. The number of aryl methyl sites for hydroxylation is 3. The number of benzene rings is 6. The second-order valence-electron chi connectivity index (χ2n) is 23.8. The number of fused-ring (bicyclic) bond motifs is 6. The monoisotopic (exact) mass is 938 g/mol. The predicted molar refractivity (Wildman–Crippen MR) is 305 cm³/mol. The van der Waals surface area contributed by atoms with Gasteiger partial charge in [0.2, 0.25) is 6.71 Å². The molecular weight excluding hydrogens is 872 g/mol. The van der Waals surface area contributed by atoms with Crippen molar-refractivity contribution < 1.29 is 0 Å². The van der Waals surface area contributed by atoms with Gasteiger partial charge in [0.15, 0.2) is 0 Å². The topological polar surface area (TPSA) is 6.48 Å². The first-order valence-corrected chi connectivity index (χ1v) is 26.9. The number of allylic oxidation sites excluding steroid dienone is 4. The molecule has 3 aliphatic heterocycles. The van der Waals surface area contributed by atoms with Crippen LogP contribution in [0, 0.1) is 32.1 Å². The van der Waals surface area contributed by atoms with Crippen LogP contribution in [-0.2, 0) is 10.8 Å². The molecule has 2 unspecified atom stereocenters. The second kappa shape index (κ2) is 16.3. The lowest BCUT2D eigenvalue weighted by Crippen LogP contribution is -2.56. The fourth-order valence-corrected chi connectivity index (χ4v) is 14.1. The van der Waals surface area contributed by atoms with E-state index in [1.54, 1.807) is 5.47 Å². The molecule has 1 aliphatic carbocycles. The molecule has 11 rings (SSSR count). The van der Waals surface area contributed by atoms with E-state index in [-0.39, 0.29) is 28.9 Å². The minimum absolute atomic E-state index is 0.0230. The van der Waals surface area contributed by atoms with Crippen LogP contribution < -0.4 is 20.7 Å². The molecule has 1 aromatic heterocycles. The minimum atomic E-state index is -0.0280. The van der Waals surface area contributed by atoms with Gasteiger partial charge in [-0.3, -0.25) is 0 Å². The summed E-state index contributed by atoms with van der Waals surface area (Å²) in [5, 5.41) is 3.00. The van der Waals surface area contributed by atoms with Crippen molar-refractivity contribution in [1.29, 1.82) is 0 Å². The Kier molecular flexibility index (Phi) is 10.8. The van der Waals surface area contributed by atoms with Crippen LogP contribution in [0.15, 0.2) is 150 Å². The van der Waals surface area contributed by atoms with Gasteiger partial charge in [-0.25, -0.2) is 0 Å². The molecule has 0 spiro atoms. The van der Waals surface area contributed by atoms with Crippen molar-refractivity contribution in [2.45, 2.75) is 119 Å². The molecular formula is C64H67BN2S2. The number of hydrogen-bond acceptors (Lipinski definition) is 4. The van der Waals surface area contributed by atoms with Gasteiger partial charge in [-0.15, -0.1) is 23.1 Å². The summed E-state index contributed by atoms with van der Waals surface area (Å²) in [4.78, 5) is 6.77. The first-order valence-electron chi connectivity index (χ1n) is 25.2. The molecule has 0 amide bonds. The lowest BCUT2D eigenvalue weighted by Gasteiger charge is -2.46. The zero-order valence-corrected chi connectivity index (χ0v) is 44.9. The third kappa shape index (κ3) is 7.60. The Morgan fingerprint density at radius 1 is 0.594 bits per heavy atom. The summed E-state index contributed by atoms with van der Waals surface area (Å²) in [5.74, 6) is 0.542. The third-order valence-electron chi connectivity index (χ3n) is 15.4. The van der Waals surface area contributed by atoms with E-state index in [1.807, 2.05) is 11.3 Å². The van der Waals surface area contributed by atoms with Crippen molar-refractivity contribution >= 4 is 79.3 Å². The molecule has 2 nitrogen and oxygen atoms in total. The Morgan fingerprint density at radius 3 is 1.86 bits per heavy atom. The Hall–Kier alpha value is -5.49. The van der Waals surface area contributed by atoms with Gasteiger partial charge < -0.3 is 9.80 Å². The van der Waals surface area contributed by atoms with E-state index in [2.05, 4.69) is 252 Å². The first kappa shape index (κ1) is 45.9. The molecule has 6 aromatic carbocycles. The molecule has 69 heavy (non-hydrogen) atoms. The van der Waals surface area contributed by atoms with Crippen LogP contribution >= 0.6 is 23.1 Å². The second-order valence-corrected chi connectivity index (χ2v) is 26.0. The maximum atomic E-state index is 2.75. The Balaban J connectivity index is 1.28. The SMILES string of the molecule is Cc1cc(C(C)(C)C)cc(C)c1N1C2=C(B3c4cc(-c5cc6ccccc6s5)ccc4N(c4c(C)cc(C(C)(C)C)cc4-c4ccccc4)c4cc(C(C)C)cc1c43)C1C=C(C(C)(C)C)C=CC1S2. The van der Waals surface area contributed by atoms with Crippen molar-refractivity contribution in [2.75, 3.05) is 9.80 Å². The van der Waals surface area contributed by atoms with E-state index in [9.17, 15) is 0 Å². The number of nitrogens with zero attached hydrogens (tertiary/aromatic N) is 2. The third-order valence-corrected chi connectivity index (χ3v) is 17.9. The van der Waals surface area contributed by atoms with Gasteiger partial charge in [0.25, 0.3) is 0 Å². The number of anilines is 5. The summed E-state index contributed by atoms with van der Waals surface area (Å²) in [6.07, 6.45) is 7.64. The van der Waals surface area contributed by atoms with Crippen molar-refractivity contribution in [3.05, 3.63) is 183 Å². The average molecular weight is 939 g/mol. The Morgan fingerprint density at radius 2 is 1.22 bits per heavy atom. The average Bonchev–Trinajstić information content (AvgIpc) is 3.90. The standard InChI is InChI=1S/C64H67BN2S2/c1-37(2)44-32-52-58-53(33-44)67(59-38(3)28-46(29-39(59)4)63(9,10)11)61-57(49-35-45(62(6,7)8)25-27-55(49)69-61)65(58)50-31-43(56-34-42-22-18-19-23-54(42)68-56)24-26-51(50)66(52)60-40(5)30-47(64(12,13)14)36-48(60)41-20-16-15-17-21-41/h15-37,49,55H,1-14H3. The van der Waals surface area contributed by atoms with Crippen LogP contribution in [-0.4, -0.2) is 12.0 Å². The Labute approximate surface area is 421 Å². The molecule has 348 valence electrons. The van der Waals surface area contributed by atoms with Gasteiger partial charge in [-0.1, -0.05) is 179 Å². The van der Waals surface area contributed by atoms with E-state index in [4.69, 9.17) is 0 Å². The molecule has 0 radical (unpaired) electrons. The van der Waals surface area contributed by atoms with Crippen molar-refractivity contribution in [1.82, 2.24) is 0 Å². The summed E-state index contributed by atoms with van der Waals surface area (Å²) in [5.41, 5.74) is 24.1. The van der Waals surface area contributed by atoms with Gasteiger partial charge in [0.1, 0.15) is 0 Å². The highest BCUT2D eigenvalue weighted by Crippen LogP contribution is 2.58. The molecule has 0 saturated heterocycles. The lowest BCUT2D eigenvalue weighted by atomic mass is 9.31. The van der Waals surface area contributed by atoms with Gasteiger partial charge in [-0.05, 0) is 146 Å². The van der Waals surface area contributed by atoms with Crippen LogP contribution in [0.2, 0.25) is 0 Å². The van der Waals surface area contributed by atoms with Crippen LogP contribution in [0.4, 0.5) is 28.4 Å². The fourth-order valence-electron chi connectivity index (χ4n) is 11.6. The Bertz CT molecular complexity index is 3290. The number of rotatable bonds is 5. The highest BCUT2D eigenvalue weighted by Gasteiger charge is 2.52. The number of thioether (sulfide) groups is 1. The molecule has 2 atom stereocenters. The molecule has 5 heteroatoms. The summed E-state index contributed by atoms with van der Waals surface area (Å²) < 4.78 is 1.33. The number of thiophene rings is 1. The minimum Gasteiger partial charge on any atom is -0.311 e. The molecule has 7 aromatic rings. The zero-order chi connectivity index (χ0) is 48.6. The van der Waals surface area contributed by atoms with Gasteiger partial charge in [-0.2, -0.15) is 0 Å². The maximum Gasteiger partial charge on any atom is 0.249 e. The highest BCUT2D eigenvalue weighted by molar-refractivity contribution is 8.04. The van der Waals surface area contributed by atoms with Gasteiger partial charge in [0.05, 0.1) is 16.4 Å². The predicted octanol–water partition coefficient (Wildman–Crippen LogP) is 17.4. The first-order chi connectivity index (χ1) is 32.7. The van der Waals surface area contributed by atoms with E-state index in [0.29, 0.717) is 11.2 Å². The molecule has 0 saturated carbocycles. The van der Waals surface area contributed by atoms with Gasteiger partial charge >= 0.3 is 0 Å². The summed E-state index contributed by atoms with van der Waals surface area (Å²) in [7, 11) is 0. The van der Waals surface area contributed by atoms with Gasteiger partial charge in [0, 0.05) is 43.4 Å². The molecule has 0 bridgehead atoms. The quantitative estimate of drug-likeness (QED) is 0.159. The molecule has 4 aliphatic rings. The zero-order valence-electron chi connectivity index (χ0n) is 43.2.